The number of alkyl halides is 2. The van der Waals surface area contributed by atoms with Gasteiger partial charge in [-0.05, 0) is 83.1 Å². The van der Waals surface area contributed by atoms with Crippen molar-refractivity contribution >= 4 is 19.7 Å². The molecule has 4 rings (SSSR count). The van der Waals surface area contributed by atoms with Crippen LogP contribution in [0.2, 0.25) is 0 Å². The molecule has 2 radical (unpaired) electrons. The summed E-state index contributed by atoms with van der Waals surface area (Å²) in [6, 6.07) is 6.17. The molecule has 0 bridgehead atoms. The van der Waals surface area contributed by atoms with Crippen LogP contribution in [0.1, 0.15) is 122 Å². The van der Waals surface area contributed by atoms with Crippen molar-refractivity contribution in [3.8, 4) is 5.75 Å². The van der Waals surface area contributed by atoms with Crippen molar-refractivity contribution in [3.63, 3.8) is 0 Å². The Bertz CT molecular complexity index is 1610. The first-order valence-corrected chi connectivity index (χ1v) is 18.3. The van der Waals surface area contributed by atoms with E-state index in [0.29, 0.717) is 24.7 Å². The number of rotatable bonds is 12. The number of carbonyl (C=O) groups is 2. The predicted octanol–water partition coefficient (Wildman–Crippen LogP) is 2.38. The van der Waals surface area contributed by atoms with Gasteiger partial charge in [-0.2, -0.15) is 13.9 Å². The van der Waals surface area contributed by atoms with Gasteiger partial charge in [-0.25, -0.2) is 0 Å². The van der Waals surface area contributed by atoms with Crippen LogP contribution in [0.25, 0.3) is 0 Å². The zero-order valence-electron chi connectivity index (χ0n) is 33.2. The first kappa shape index (κ1) is 47.9. The van der Waals surface area contributed by atoms with E-state index in [4.69, 9.17) is 17.3 Å². The lowest BCUT2D eigenvalue weighted by atomic mass is 9.83. The minimum Gasteiger partial charge on any atom is -0.459 e. The van der Waals surface area contributed by atoms with Crippen molar-refractivity contribution in [1.82, 2.24) is 14.7 Å². The molecule has 8 N–H and O–H groups in total. The summed E-state index contributed by atoms with van der Waals surface area (Å²) >= 11 is 0. The Morgan fingerprint density at radius 2 is 1.55 bits per heavy atom. The van der Waals surface area contributed by atoms with Crippen LogP contribution < -0.4 is 4.74 Å². The lowest BCUT2D eigenvalue weighted by molar-refractivity contribution is -0.401. The Hall–Kier alpha value is -3.23. The quantitative estimate of drug-likeness (QED) is 0.0878. The molecule has 1 saturated carbocycles. The Kier molecular flexibility index (Phi) is 15.3. The molecule has 2 unspecified atom stereocenters. The number of esters is 1. The lowest BCUT2D eigenvalue weighted by Gasteiger charge is -2.43. The Morgan fingerprint density at radius 1 is 0.982 bits per heavy atom. The maximum absolute atomic E-state index is 14.2. The molecule has 310 valence electrons. The van der Waals surface area contributed by atoms with E-state index >= 15 is 0 Å². The zero-order chi connectivity index (χ0) is 42.7. The highest BCUT2D eigenvalue weighted by Gasteiger charge is 2.61. The van der Waals surface area contributed by atoms with Crippen LogP contribution in [-0.2, 0) is 26.8 Å². The second kappa shape index (κ2) is 17.5. The molecular formula is C37H58BF2N3O12. The van der Waals surface area contributed by atoms with Gasteiger partial charge in [-0.15, -0.1) is 0 Å². The number of amides is 1. The largest absolute Gasteiger partial charge is 0.459 e. The minimum atomic E-state index is -3.53. The molecule has 1 saturated heterocycles. The highest BCUT2D eigenvalue weighted by Crippen LogP contribution is 2.43. The molecule has 2 aromatic rings. The van der Waals surface area contributed by atoms with E-state index < -0.39 is 53.1 Å². The lowest BCUT2D eigenvalue weighted by Crippen LogP contribution is -2.66. The summed E-state index contributed by atoms with van der Waals surface area (Å²) in [5.74, 6) is -19.2. The fourth-order valence-electron chi connectivity index (χ4n) is 6.25. The van der Waals surface area contributed by atoms with Gasteiger partial charge in [-0.3, -0.25) is 14.3 Å². The second-order valence-corrected chi connectivity index (χ2v) is 15.3. The average Bonchev–Trinajstić information content (AvgIpc) is 3.66. The first-order valence-electron chi connectivity index (χ1n) is 18.3. The fourth-order valence-corrected chi connectivity index (χ4v) is 6.25. The van der Waals surface area contributed by atoms with E-state index in [2.05, 4.69) is 5.10 Å². The van der Waals surface area contributed by atoms with Crippen LogP contribution in [-0.4, -0.2) is 111 Å². The molecule has 1 aliphatic carbocycles. The highest BCUT2D eigenvalue weighted by atomic mass is 19.3. The fraction of sp³-hybridized carbons (Fsp3) is 0.703. The second-order valence-electron chi connectivity index (χ2n) is 15.3. The molecule has 0 spiro atoms. The summed E-state index contributed by atoms with van der Waals surface area (Å²) in [6.07, 6.45) is 2.02. The van der Waals surface area contributed by atoms with E-state index in [-0.39, 0.29) is 41.8 Å². The summed E-state index contributed by atoms with van der Waals surface area (Å²) in [5.41, 5.74) is 0.706. The molecule has 2 heterocycles. The maximum Gasteiger partial charge on any atom is 0.320 e. The van der Waals surface area contributed by atoms with Crippen LogP contribution in [0.15, 0.2) is 24.3 Å². The first-order chi connectivity index (χ1) is 24.9. The molecular weight excluding hydrogens is 727 g/mol. The molecule has 1 aromatic heterocycles. The van der Waals surface area contributed by atoms with Crippen molar-refractivity contribution in [3.05, 3.63) is 46.8 Å². The van der Waals surface area contributed by atoms with Gasteiger partial charge in [0.15, 0.2) is 11.7 Å². The van der Waals surface area contributed by atoms with Crippen molar-refractivity contribution in [2.24, 2.45) is 11.8 Å². The van der Waals surface area contributed by atoms with Crippen molar-refractivity contribution in [2.75, 3.05) is 6.54 Å². The molecule has 1 aliphatic heterocycles. The molecule has 1 aromatic carbocycles. The van der Waals surface area contributed by atoms with Crippen LogP contribution >= 0.6 is 0 Å². The number of aromatic nitrogens is 2. The summed E-state index contributed by atoms with van der Waals surface area (Å²) < 4.78 is 39.5. The third kappa shape index (κ3) is 12.4. The van der Waals surface area contributed by atoms with Gasteiger partial charge in [0.25, 0.3) is 11.8 Å². The number of hydrogen-bond donors (Lipinski definition) is 8. The topological polar surface area (TPSA) is 236 Å². The zero-order valence-corrected chi connectivity index (χ0v) is 33.2. The summed E-state index contributed by atoms with van der Waals surface area (Å²) in [4.78, 5) is 26.9. The van der Waals surface area contributed by atoms with Gasteiger partial charge in [0, 0.05) is 25.8 Å². The number of nitrogens with zero attached hydrogens (tertiary/aromatic N) is 3. The molecule has 3 atom stereocenters. The number of aliphatic hydroxyl groups is 8. The van der Waals surface area contributed by atoms with Gasteiger partial charge in [-0.1, -0.05) is 39.8 Å². The van der Waals surface area contributed by atoms with Crippen molar-refractivity contribution in [1.29, 1.82) is 0 Å². The third-order valence-electron chi connectivity index (χ3n) is 9.13. The maximum atomic E-state index is 14.2. The molecule has 55 heavy (non-hydrogen) atoms. The normalized spacial score (nSPS) is 18.8. The SMILES string of the molecule is CC.CCC(O)(O)C(O)(O)C(C(=O)OC(C)(C)C)C(C)(O)O.[B]C(O)(O)Oc1cccc(C2[C@H](C)CCN2C(=O)Cn2nc(C3CC3)cc2C(C)(F)F)c1C. The number of halogens is 2. The number of carbonyl (C=O) groups excluding carboxylic acids is 2. The number of ether oxygens (including phenoxy) is 2. The molecule has 18 heteroatoms. The van der Waals surface area contributed by atoms with E-state index in [9.17, 15) is 59.2 Å². The van der Waals surface area contributed by atoms with Crippen molar-refractivity contribution < 1.29 is 68.7 Å². The summed E-state index contributed by atoms with van der Waals surface area (Å²) in [6.45, 7) is 15.1. The summed E-state index contributed by atoms with van der Waals surface area (Å²) in [5, 5.41) is 81.1. The molecule has 2 fully saturated rings. The number of likely N-dealkylation sites (tertiary alicyclic amines) is 1. The van der Waals surface area contributed by atoms with E-state index in [0.717, 1.165) is 36.4 Å². The van der Waals surface area contributed by atoms with E-state index in [1.807, 2.05) is 26.8 Å². The smallest absolute Gasteiger partial charge is 0.320 e. The molecule has 1 amide bonds. The molecule has 2 aliphatic rings. The Balaban J connectivity index is 0.000000410. The number of hydrogen-bond acceptors (Lipinski definition) is 13. The van der Waals surface area contributed by atoms with E-state index in [1.165, 1.54) is 33.8 Å². The van der Waals surface area contributed by atoms with E-state index in [1.54, 1.807) is 24.0 Å². The molecule has 15 nitrogen and oxygen atoms in total. The van der Waals surface area contributed by atoms with Crippen LogP contribution in [0.5, 0.6) is 5.75 Å². The van der Waals surface area contributed by atoms with Crippen LogP contribution in [0.3, 0.4) is 0 Å². The monoisotopic (exact) mass is 785 g/mol. The van der Waals surface area contributed by atoms with Crippen LogP contribution in [0, 0.1) is 18.8 Å². The van der Waals surface area contributed by atoms with Gasteiger partial charge < -0.3 is 55.2 Å². The average molecular weight is 786 g/mol. The van der Waals surface area contributed by atoms with Gasteiger partial charge in [0.05, 0.1) is 11.7 Å². The Labute approximate surface area is 321 Å². The van der Waals surface area contributed by atoms with Crippen molar-refractivity contribution in [2.45, 2.75) is 148 Å². The third-order valence-corrected chi connectivity index (χ3v) is 9.13. The Morgan fingerprint density at radius 3 is 2.00 bits per heavy atom. The van der Waals surface area contributed by atoms with Gasteiger partial charge >= 0.3 is 5.97 Å². The predicted molar refractivity (Wildman–Crippen MR) is 195 cm³/mol. The summed E-state index contributed by atoms with van der Waals surface area (Å²) in [7, 11) is 5.16. The highest BCUT2D eigenvalue weighted by molar-refractivity contribution is 6.12. The van der Waals surface area contributed by atoms with Gasteiger partial charge in [0.2, 0.25) is 25.3 Å². The minimum absolute atomic E-state index is 0.0977. The van der Waals surface area contributed by atoms with Crippen LogP contribution in [0.4, 0.5) is 8.78 Å². The standard InChI is InChI=1S/C23H28BF2N3O4.C12H24O8.C2H6/c1-13-9-10-28(21(13)16-5-4-6-18(14(16)2)33-23(24,31)32)20(30)12-29-19(22(3,25)26)11-17(27-29)15-7-8-15;1-6-11(16,17)12(18,19)7(10(5,14)15)8(13)20-9(2,3)4;1-2/h4-6,11,13,15,21,31-32H,7-10,12H2,1-3H3;7,14-19H,6H2,1-5H3;1-2H3/t13-,21?;;/m1../s1. The van der Waals surface area contributed by atoms with Gasteiger partial charge in [0.1, 0.15) is 23.6 Å². The number of benzene rings is 1.